The van der Waals surface area contributed by atoms with Crippen LogP contribution < -0.4 is 0 Å². The fraction of sp³-hybridized carbons (Fsp3) is 0.600. The van der Waals surface area contributed by atoms with Gasteiger partial charge in [0.15, 0.2) is 5.71 Å². The molecule has 14 heteroatoms. The van der Waals surface area contributed by atoms with Crippen LogP contribution in [0.2, 0.25) is 0 Å². The number of aryl methyl sites for hydroxylation is 1. The van der Waals surface area contributed by atoms with E-state index in [-0.39, 0.29) is 0 Å². The van der Waals surface area contributed by atoms with Crippen molar-refractivity contribution in [3.63, 3.8) is 0 Å². The van der Waals surface area contributed by atoms with Gasteiger partial charge in [-0.2, -0.15) is 39.2 Å². The van der Waals surface area contributed by atoms with Gasteiger partial charge in [-0.15, -0.1) is 0 Å². The Hall–Kier alpha value is -2.38. The Kier molecular flexibility index (Phi) is 9.14. The zero-order chi connectivity index (χ0) is 26.6. The van der Waals surface area contributed by atoms with E-state index in [0.29, 0.717) is 12.0 Å². The summed E-state index contributed by atoms with van der Waals surface area (Å²) in [5, 5.41) is -3.71. The summed E-state index contributed by atoms with van der Waals surface area (Å²) >= 11 is 0. The Bertz CT molecular complexity index is 988. The summed E-state index contributed by atoms with van der Waals surface area (Å²) in [7, 11) is -6.65. The summed E-state index contributed by atoms with van der Waals surface area (Å²) in [6.45, 7) is 5.50. The van der Waals surface area contributed by atoms with Crippen molar-refractivity contribution in [1.82, 2.24) is 0 Å². The molecule has 0 spiro atoms. The normalized spacial score (nSPS) is 14.1. The molecular weight excluding hydrogens is 499 g/mol. The van der Waals surface area contributed by atoms with Gasteiger partial charge in [-0.05, 0) is 33.6 Å². The van der Waals surface area contributed by atoms with Crippen molar-refractivity contribution >= 4 is 21.8 Å². The third-order valence-corrected chi connectivity index (χ3v) is 6.06. The van der Waals surface area contributed by atoms with E-state index in [1.807, 2.05) is 0 Å². The average molecular weight is 523 g/mol. The summed E-state index contributed by atoms with van der Waals surface area (Å²) in [4.78, 5) is 11.8. The number of halogens is 7. The van der Waals surface area contributed by atoms with Gasteiger partial charge in [0, 0.05) is 12.0 Å². The summed E-state index contributed by atoms with van der Waals surface area (Å²) in [6.07, 6.45) is -7.63. The molecule has 0 aliphatic heterocycles. The zero-order valence-corrected chi connectivity index (χ0v) is 19.5. The van der Waals surface area contributed by atoms with Crippen LogP contribution in [0.1, 0.15) is 51.2 Å². The number of nitrogens with zero attached hydrogens (tertiary/aromatic N) is 1. The number of carbonyl (C=O) groups is 1. The van der Waals surface area contributed by atoms with Crippen LogP contribution in [0.5, 0.6) is 0 Å². The lowest BCUT2D eigenvalue weighted by molar-refractivity contribution is -0.170. The van der Waals surface area contributed by atoms with Crippen molar-refractivity contribution in [2.24, 2.45) is 10.6 Å². The van der Waals surface area contributed by atoms with Gasteiger partial charge in [-0.1, -0.05) is 41.9 Å². The molecule has 0 aromatic heterocycles. The number of hydrogen-bond acceptors (Lipinski definition) is 6. The van der Waals surface area contributed by atoms with Gasteiger partial charge in [-0.25, -0.2) is 0 Å². The minimum Gasteiger partial charge on any atom is -0.465 e. The number of alkyl halides is 7. The molecule has 0 unspecified atom stereocenters. The zero-order valence-electron chi connectivity index (χ0n) is 18.7. The minimum atomic E-state index is -6.65. The quantitative estimate of drug-likeness (QED) is 0.124. The molecule has 0 radical (unpaired) electrons. The number of oxime groups is 1. The maximum absolute atomic E-state index is 14.1. The number of carbonyl (C=O) groups excluding carboxylic acids is 1. The van der Waals surface area contributed by atoms with Gasteiger partial charge in [0.2, 0.25) is 0 Å². The van der Waals surface area contributed by atoms with E-state index < -0.39 is 69.6 Å². The summed E-state index contributed by atoms with van der Waals surface area (Å²) in [6, 6.07) is 4.13. The van der Waals surface area contributed by atoms with E-state index in [0.717, 1.165) is 12.1 Å². The topological polar surface area (TPSA) is 82.0 Å². The van der Waals surface area contributed by atoms with Gasteiger partial charge < -0.3 is 4.74 Å². The molecule has 0 amide bonds. The van der Waals surface area contributed by atoms with Gasteiger partial charge in [-0.3, -0.25) is 9.08 Å². The summed E-state index contributed by atoms with van der Waals surface area (Å²) < 4.78 is 127. The molecule has 0 atom stereocenters. The third kappa shape index (κ3) is 7.06. The molecule has 1 aromatic carbocycles. The molecule has 34 heavy (non-hydrogen) atoms. The predicted molar refractivity (Wildman–Crippen MR) is 108 cm³/mol. The minimum absolute atomic E-state index is 0.346. The molecule has 0 saturated heterocycles. The van der Waals surface area contributed by atoms with E-state index in [1.165, 1.54) is 32.9 Å². The molecule has 6 nitrogen and oxygen atoms in total. The first-order chi connectivity index (χ1) is 15.3. The van der Waals surface area contributed by atoms with Crippen LogP contribution in [0.15, 0.2) is 29.4 Å². The van der Waals surface area contributed by atoms with Crippen molar-refractivity contribution in [1.29, 1.82) is 0 Å². The van der Waals surface area contributed by atoms with E-state index in [2.05, 4.69) is 9.44 Å². The third-order valence-electron chi connectivity index (χ3n) is 4.86. The number of benzene rings is 1. The lowest BCUT2D eigenvalue weighted by Crippen LogP contribution is -2.47. The molecule has 0 saturated carbocycles. The SMILES string of the molecule is CCC(C)(C)C(=O)OCCCC(F)(F)C(F)(F)S(=O)(=O)ON=C(c1ccc(C)cc1)C(F)(F)F. The highest BCUT2D eigenvalue weighted by atomic mass is 32.2. The van der Waals surface area contributed by atoms with E-state index in [9.17, 15) is 43.9 Å². The molecular formula is C20H24F7NO5S. The summed E-state index contributed by atoms with van der Waals surface area (Å²) in [5.74, 6) is -6.04. The van der Waals surface area contributed by atoms with Gasteiger partial charge in [0.05, 0.1) is 12.0 Å². The number of ether oxygens (including phenoxy) is 1. The second kappa shape index (κ2) is 10.5. The molecule has 0 N–H and O–H groups in total. The molecule has 0 bridgehead atoms. The second-order valence-corrected chi connectivity index (χ2v) is 9.60. The fourth-order valence-electron chi connectivity index (χ4n) is 2.24. The molecule has 0 aliphatic carbocycles. The van der Waals surface area contributed by atoms with Gasteiger partial charge in [0.25, 0.3) is 0 Å². The van der Waals surface area contributed by atoms with E-state index in [1.54, 1.807) is 6.92 Å². The largest absolute Gasteiger partial charge is 0.465 e. The standard InChI is InChI=1S/C20H24F7NO5S/c1-5-17(3,4)16(29)32-12-6-11-18(21,22)20(26,27)34(30,31)33-28-15(19(23,24)25)14-9-7-13(2)8-10-14/h7-10H,5-6,11-12H2,1-4H3. The Morgan fingerprint density at radius 2 is 1.53 bits per heavy atom. The van der Waals surface area contributed by atoms with Crippen LogP contribution in [-0.4, -0.2) is 44.1 Å². The smallest absolute Gasteiger partial charge is 0.444 e. The number of esters is 1. The van der Waals surface area contributed by atoms with Crippen molar-refractivity contribution in [2.45, 2.75) is 64.3 Å². The lowest BCUT2D eigenvalue weighted by atomic mass is 9.91. The van der Waals surface area contributed by atoms with Gasteiger partial charge >= 0.3 is 33.4 Å². The van der Waals surface area contributed by atoms with Crippen LogP contribution in [0.4, 0.5) is 30.7 Å². The maximum atomic E-state index is 14.1. The maximum Gasteiger partial charge on any atom is 0.444 e. The first kappa shape index (κ1) is 29.7. The van der Waals surface area contributed by atoms with Crippen molar-refractivity contribution < 1.29 is 53.0 Å². The lowest BCUT2D eigenvalue weighted by Gasteiger charge is -2.25. The monoisotopic (exact) mass is 523 g/mol. The molecule has 194 valence electrons. The molecule has 0 aliphatic rings. The molecule has 0 fully saturated rings. The molecule has 1 aromatic rings. The van der Waals surface area contributed by atoms with Crippen molar-refractivity contribution in [2.75, 3.05) is 6.61 Å². The van der Waals surface area contributed by atoms with E-state index in [4.69, 9.17) is 4.74 Å². The van der Waals surface area contributed by atoms with Crippen LogP contribution >= 0.6 is 0 Å². The van der Waals surface area contributed by atoms with Gasteiger partial charge in [0.1, 0.15) is 0 Å². The summed E-state index contributed by atoms with van der Waals surface area (Å²) in [5.41, 5.74) is -3.18. The first-order valence-corrected chi connectivity index (χ1v) is 11.3. The Morgan fingerprint density at radius 3 is 2.00 bits per heavy atom. The Labute approximate surface area is 192 Å². The highest BCUT2D eigenvalue weighted by Gasteiger charge is 2.67. The van der Waals surface area contributed by atoms with Crippen LogP contribution in [0.25, 0.3) is 0 Å². The highest BCUT2D eigenvalue weighted by molar-refractivity contribution is 7.87. The first-order valence-electron chi connectivity index (χ1n) is 9.87. The van der Waals surface area contributed by atoms with Crippen LogP contribution in [-0.2, 0) is 23.9 Å². The van der Waals surface area contributed by atoms with Crippen LogP contribution in [0.3, 0.4) is 0 Å². The number of rotatable bonds is 11. The molecule has 1 rings (SSSR count). The average Bonchev–Trinajstić information content (AvgIpc) is 2.71. The Morgan fingerprint density at radius 1 is 1.00 bits per heavy atom. The highest BCUT2D eigenvalue weighted by Crippen LogP contribution is 2.43. The van der Waals surface area contributed by atoms with Crippen molar-refractivity contribution in [3.05, 3.63) is 35.4 Å². The Balaban J connectivity index is 3.01. The van der Waals surface area contributed by atoms with Crippen LogP contribution in [0, 0.1) is 12.3 Å². The van der Waals surface area contributed by atoms with Crippen molar-refractivity contribution in [3.8, 4) is 0 Å². The second-order valence-electron chi connectivity index (χ2n) is 8.03. The van der Waals surface area contributed by atoms with E-state index >= 15 is 0 Å². The predicted octanol–water partition coefficient (Wildman–Crippen LogP) is 5.60. The number of hydrogen-bond donors (Lipinski definition) is 0. The fourth-order valence-corrected chi connectivity index (χ4v) is 2.97. The molecule has 0 heterocycles.